The first-order chi connectivity index (χ1) is 22.4. The first kappa shape index (κ1) is 35.8. The van der Waals surface area contributed by atoms with Crippen LogP contribution in [0.3, 0.4) is 0 Å². The Morgan fingerprint density at radius 3 is 2.17 bits per heavy atom. The summed E-state index contributed by atoms with van der Waals surface area (Å²) in [6.07, 6.45) is 0.206. The highest BCUT2D eigenvalue weighted by Crippen LogP contribution is 2.31. The number of sulfonamides is 1. The zero-order chi connectivity index (χ0) is 34.1. The van der Waals surface area contributed by atoms with Crippen LogP contribution in [0.15, 0.2) is 102 Å². The minimum Gasteiger partial charge on any atom is -0.497 e. The number of rotatable bonds is 14. The van der Waals surface area contributed by atoms with E-state index in [4.69, 9.17) is 27.9 Å². The number of nitrogens with zero attached hydrogens (tertiary/aromatic N) is 2. The van der Waals surface area contributed by atoms with Crippen molar-refractivity contribution in [1.29, 1.82) is 0 Å². The van der Waals surface area contributed by atoms with Gasteiger partial charge in [0.15, 0.2) is 0 Å². The van der Waals surface area contributed by atoms with Gasteiger partial charge in [0.05, 0.1) is 27.7 Å². The van der Waals surface area contributed by atoms with Crippen molar-refractivity contribution in [3.8, 4) is 5.75 Å². The van der Waals surface area contributed by atoms with Gasteiger partial charge in [-0.1, -0.05) is 97.2 Å². The van der Waals surface area contributed by atoms with Gasteiger partial charge in [-0.3, -0.25) is 13.9 Å². The quantitative estimate of drug-likeness (QED) is 0.155. The highest BCUT2D eigenvalue weighted by Gasteiger charge is 2.35. The van der Waals surface area contributed by atoms with Gasteiger partial charge in [-0.2, -0.15) is 0 Å². The molecule has 0 bridgehead atoms. The maximum absolute atomic E-state index is 14.6. The number of aryl methyl sites for hydroxylation is 1. The fourth-order valence-corrected chi connectivity index (χ4v) is 6.65. The number of nitrogens with one attached hydrogen (secondary N) is 1. The zero-order valence-corrected chi connectivity index (χ0v) is 29.1. The van der Waals surface area contributed by atoms with E-state index in [0.29, 0.717) is 17.9 Å². The predicted octanol–water partition coefficient (Wildman–Crippen LogP) is 6.92. The highest BCUT2D eigenvalue weighted by atomic mass is 35.5. The number of halogens is 2. The smallest absolute Gasteiger partial charge is 0.264 e. The fraction of sp³-hybridized carbons (Fsp3) is 0.278. The third kappa shape index (κ3) is 9.50. The molecule has 1 atom stereocenters. The Labute approximate surface area is 287 Å². The van der Waals surface area contributed by atoms with Crippen molar-refractivity contribution in [3.05, 3.63) is 124 Å². The summed E-state index contributed by atoms with van der Waals surface area (Å²) in [5.41, 5.74) is 2.57. The Balaban J connectivity index is 1.82. The third-order valence-electron chi connectivity index (χ3n) is 7.52. The van der Waals surface area contributed by atoms with E-state index in [2.05, 4.69) is 5.32 Å². The van der Waals surface area contributed by atoms with E-state index >= 15 is 0 Å². The molecule has 11 heteroatoms. The van der Waals surface area contributed by atoms with Crippen molar-refractivity contribution in [1.82, 2.24) is 10.2 Å². The molecule has 0 saturated carbocycles. The molecular weight excluding hydrogens is 657 g/mol. The summed E-state index contributed by atoms with van der Waals surface area (Å²) in [5.74, 6) is -0.182. The van der Waals surface area contributed by atoms with Crippen LogP contribution in [0.4, 0.5) is 5.69 Å². The molecule has 0 saturated heterocycles. The normalized spacial score (nSPS) is 12.0. The molecular formula is C36H39Cl2N3O5S. The topological polar surface area (TPSA) is 96.0 Å². The third-order valence-corrected chi connectivity index (χ3v) is 10.0. The number of anilines is 1. The molecule has 0 aromatic heterocycles. The first-order valence-electron chi connectivity index (χ1n) is 15.2. The van der Waals surface area contributed by atoms with Gasteiger partial charge in [0.25, 0.3) is 10.0 Å². The lowest BCUT2D eigenvalue weighted by atomic mass is 10.0. The van der Waals surface area contributed by atoms with Crippen LogP contribution in [-0.4, -0.2) is 51.4 Å². The van der Waals surface area contributed by atoms with Crippen molar-refractivity contribution >= 4 is 50.7 Å². The maximum Gasteiger partial charge on any atom is 0.264 e. The number of carbonyl (C=O) groups is 2. The van der Waals surface area contributed by atoms with Gasteiger partial charge in [0.2, 0.25) is 11.8 Å². The fourth-order valence-electron chi connectivity index (χ4n) is 4.95. The SMILES string of the molecule is COc1cccc(CN(C(=O)CN(c2ccc(Cl)c(Cl)c2)S(=O)(=O)c2ccc(C)cc2)[C@H](Cc2ccccc2)C(=O)NCC(C)C)c1. The summed E-state index contributed by atoms with van der Waals surface area (Å²) < 4.78 is 34.8. The van der Waals surface area contributed by atoms with Crippen LogP contribution in [-0.2, 0) is 32.6 Å². The molecule has 0 spiro atoms. The monoisotopic (exact) mass is 695 g/mol. The van der Waals surface area contributed by atoms with E-state index in [9.17, 15) is 18.0 Å². The standard InChI is InChI=1S/C36H39Cl2N3O5S/c1-25(2)22-39-36(43)34(20-27-9-6-5-7-10-27)40(23-28-11-8-12-30(19-28)46-4)35(42)24-41(29-15-18-32(37)33(38)21-29)47(44,45)31-16-13-26(3)14-17-31/h5-19,21,25,34H,20,22-24H2,1-4H3,(H,39,43)/t34-/m1/s1. The van der Waals surface area contributed by atoms with Crippen molar-refractivity contribution in [2.45, 2.75) is 44.7 Å². The summed E-state index contributed by atoms with van der Waals surface area (Å²) in [7, 11) is -2.73. The molecule has 0 aliphatic rings. The predicted molar refractivity (Wildman–Crippen MR) is 187 cm³/mol. The van der Waals surface area contributed by atoms with Gasteiger partial charge in [-0.15, -0.1) is 0 Å². The first-order valence-corrected chi connectivity index (χ1v) is 17.4. The number of hydrogen-bond acceptors (Lipinski definition) is 5. The lowest BCUT2D eigenvalue weighted by Gasteiger charge is -2.34. The van der Waals surface area contributed by atoms with Crippen LogP contribution in [0, 0.1) is 12.8 Å². The molecule has 0 heterocycles. The second-order valence-corrected chi connectivity index (χ2v) is 14.3. The molecule has 47 heavy (non-hydrogen) atoms. The molecule has 8 nitrogen and oxygen atoms in total. The molecule has 4 rings (SSSR count). The molecule has 4 aromatic rings. The molecule has 0 radical (unpaired) electrons. The van der Waals surface area contributed by atoms with Crippen LogP contribution >= 0.6 is 23.2 Å². The number of carbonyl (C=O) groups excluding carboxylic acids is 2. The van der Waals surface area contributed by atoms with Gasteiger partial charge in [-0.05, 0) is 66.4 Å². The van der Waals surface area contributed by atoms with E-state index in [1.807, 2.05) is 57.2 Å². The average Bonchev–Trinajstić information content (AvgIpc) is 3.06. The number of ether oxygens (including phenoxy) is 1. The van der Waals surface area contributed by atoms with Crippen LogP contribution < -0.4 is 14.4 Å². The molecule has 0 aliphatic heterocycles. The molecule has 2 amide bonds. The zero-order valence-electron chi connectivity index (χ0n) is 26.8. The van der Waals surface area contributed by atoms with E-state index in [-0.39, 0.29) is 45.4 Å². The maximum atomic E-state index is 14.6. The Hall–Kier alpha value is -4.05. The molecule has 0 aliphatic carbocycles. The lowest BCUT2D eigenvalue weighted by Crippen LogP contribution is -2.53. The van der Waals surface area contributed by atoms with Gasteiger partial charge >= 0.3 is 0 Å². The van der Waals surface area contributed by atoms with E-state index in [1.54, 1.807) is 37.4 Å². The number of benzene rings is 4. The summed E-state index contributed by atoms with van der Waals surface area (Å²) in [6.45, 7) is 5.63. The van der Waals surface area contributed by atoms with Crippen molar-refractivity contribution in [3.63, 3.8) is 0 Å². The van der Waals surface area contributed by atoms with Crippen LogP contribution in [0.1, 0.15) is 30.5 Å². The molecule has 0 fully saturated rings. The van der Waals surface area contributed by atoms with Gasteiger partial charge < -0.3 is 15.0 Å². The second kappa shape index (κ2) is 16.2. The van der Waals surface area contributed by atoms with Crippen molar-refractivity contribution < 1.29 is 22.7 Å². The van der Waals surface area contributed by atoms with Gasteiger partial charge in [-0.25, -0.2) is 8.42 Å². The number of amides is 2. The van der Waals surface area contributed by atoms with E-state index in [1.165, 1.54) is 35.2 Å². The Kier molecular flexibility index (Phi) is 12.3. The summed E-state index contributed by atoms with van der Waals surface area (Å²) in [4.78, 5) is 29.9. The molecule has 248 valence electrons. The minimum atomic E-state index is -4.28. The molecule has 1 N–H and O–H groups in total. The Morgan fingerprint density at radius 2 is 1.53 bits per heavy atom. The molecule has 4 aromatic carbocycles. The number of hydrogen-bond donors (Lipinski definition) is 1. The average molecular weight is 697 g/mol. The molecule has 0 unspecified atom stereocenters. The summed E-state index contributed by atoms with van der Waals surface area (Å²) in [5, 5.41) is 3.35. The van der Waals surface area contributed by atoms with E-state index < -0.39 is 28.5 Å². The van der Waals surface area contributed by atoms with Crippen molar-refractivity contribution in [2.75, 3.05) is 24.5 Å². The van der Waals surface area contributed by atoms with Crippen LogP contribution in [0.2, 0.25) is 10.0 Å². The van der Waals surface area contributed by atoms with Crippen LogP contribution in [0.5, 0.6) is 5.75 Å². The summed E-state index contributed by atoms with van der Waals surface area (Å²) >= 11 is 12.5. The lowest BCUT2D eigenvalue weighted by molar-refractivity contribution is -0.140. The van der Waals surface area contributed by atoms with Crippen LogP contribution in [0.25, 0.3) is 0 Å². The minimum absolute atomic E-state index is 0.00294. The van der Waals surface area contributed by atoms with Crippen molar-refractivity contribution in [2.24, 2.45) is 5.92 Å². The van der Waals surface area contributed by atoms with E-state index in [0.717, 1.165) is 15.4 Å². The Morgan fingerprint density at radius 1 is 0.851 bits per heavy atom. The van der Waals surface area contributed by atoms with Gasteiger partial charge in [0.1, 0.15) is 18.3 Å². The van der Waals surface area contributed by atoms with Gasteiger partial charge in [0, 0.05) is 19.5 Å². The Bertz CT molecular complexity index is 1780. The highest BCUT2D eigenvalue weighted by molar-refractivity contribution is 7.92. The second-order valence-electron chi connectivity index (χ2n) is 11.6. The number of methoxy groups -OCH3 is 1. The largest absolute Gasteiger partial charge is 0.497 e. The summed E-state index contributed by atoms with van der Waals surface area (Å²) in [6, 6.07) is 26.4.